The molecule has 2 N–H and O–H groups in total. The summed E-state index contributed by atoms with van der Waals surface area (Å²) in [6.45, 7) is 2.96. The van der Waals surface area contributed by atoms with Crippen LogP contribution in [0.4, 0.5) is 0 Å². The van der Waals surface area contributed by atoms with Crippen molar-refractivity contribution in [2.75, 3.05) is 13.1 Å². The number of hydrogen-bond acceptors (Lipinski definition) is 3. The molecule has 1 aliphatic rings. The van der Waals surface area contributed by atoms with Gasteiger partial charge in [0.2, 0.25) is 0 Å². The molecular formula is C15H18I2N4. The number of aromatic nitrogens is 2. The monoisotopic (exact) mass is 508 g/mol. The van der Waals surface area contributed by atoms with Crippen molar-refractivity contribution >= 4 is 45.2 Å². The van der Waals surface area contributed by atoms with Crippen LogP contribution in [-0.2, 0) is 13.0 Å². The second-order valence-corrected chi connectivity index (χ2v) is 7.78. The molecule has 0 atom stereocenters. The van der Waals surface area contributed by atoms with Crippen molar-refractivity contribution in [1.29, 1.82) is 0 Å². The van der Waals surface area contributed by atoms with E-state index in [0.717, 1.165) is 36.2 Å². The number of hydrogen-bond donors (Lipinski definition) is 2. The fourth-order valence-electron chi connectivity index (χ4n) is 2.77. The van der Waals surface area contributed by atoms with Crippen LogP contribution in [0.5, 0.6) is 0 Å². The van der Waals surface area contributed by atoms with Gasteiger partial charge in [-0.25, -0.2) is 4.98 Å². The van der Waals surface area contributed by atoms with Crippen LogP contribution in [0.3, 0.4) is 0 Å². The zero-order valence-electron chi connectivity index (χ0n) is 11.6. The third kappa shape index (κ3) is 4.17. The first-order valence-electron chi connectivity index (χ1n) is 7.07. The molecule has 0 spiro atoms. The molecule has 0 aliphatic carbocycles. The number of nitrogens with one attached hydrogen (secondary N) is 2. The predicted molar refractivity (Wildman–Crippen MR) is 101 cm³/mol. The zero-order valence-corrected chi connectivity index (χ0v) is 16.0. The number of halogens is 2. The van der Waals surface area contributed by atoms with Gasteiger partial charge in [-0.1, -0.05) is 12.1 Å². The van der Waals surface area contributed by atoms with Gasteiger partial charge >= 0.3 is 0 Å². The first-order chi connectivity index (χ1) is 10.2. The summed E-state index contributed by atoms with van der Waals surface area (Å²) in [5, 5.41) is 7.29. The van der Waals surface area contributed by atoms with Crippen LogP contribution in [0.15, 0.2) is 36.8 Å². The minimum Gasteiger partial charge on any atom is -0.333 e. The highest BCUT2D eigenvalue weighted by molar-refractivity contribution is 14.1. The van der Waals surface area contributed by atoms with E-state index in [1.54, 1.807) is 0 Å². The van der Waals surface area contributed by atoms with Crippen LogP contribution in [0.25, 0.3) is 0 Å². The molecule has 2 aromatic rings. The summed E-state index contributed by atoms with van der Waals surface area (Å²) in [5.74, 6) is 0. The summed E-state index contributed by atoms with van der Waals surface area (Å²) >= 11 is 4.60. The average molecular weight is 508 g/mol. The standard InChI is InChI=1S/C15H18I2N4/c16-13-3-1-12(2-4-13)5-6-15(19-7-8-20-15)10-21-9-14(17)18-11-21/h1-4,9,11,19-20H,5-8,10H2. The Labute approximate surface area is 152 Å². The maximum absolute atomic E-state index is 4.31. The molecule has 0 saturated carbocycles. The van der Waals surface area contributed by atoms with Gasteiger partial charge in [-0.05, 0) is 75.7 Å². The molecule has 1 aromatic heterocycles. The van der Waals surface area contributed by atoms with Gasteiger partial charge in [0.25, 0.3) is 0 Å². The first-order valence-corrected chi connectivity index (χ1v) is 9.23. The van der Waals surface area contributed by atoms with Gasteiger partial charge in [0, 0.05) is 22.9 Å². The van der Waals surface area contributed by atoms with Gasteiger partial charge in [0.05, 0.1) is 18.5 Å². The fraction of sp³-hybridized carbons (Fsp3) is 0.400. The Morgan fingerprint density at radius 2 is 1.86 bits per heavy atom. The molecule has 4 nitrogen and oxygen atoms in total. The predicted octanol–water partition coefficient (Wildman–Crippen LogP) is 2.61. The molecule has 1 fully saturated rings. The summed E-state index contributed by atoms with van der Waals surface area (Å²) < 4.78 is 4.50. The van der Waals surface area contributed by atoms with Crippen molar-refractivity contribution in [3.63, 3.8) is 0 Å². The number of nitrogens with zero attached hydrogens (tertiary/aromatic N) is 2. The fourth-order valence-corrected chi connectivity index (χ4v) is 3.62. The van der Waals surface area contributed by atoms with E-state index in [9.17, 15) is 0 Å². The number of rotatable bonds is 5. The quantitative estimate of drug-likeness (QED) is 0.611. The van der Waals surface area contributed by atoms with Crippen LogP contribution >= 0.6 is 45.2 Å². The van der Waals surface area contributed by atoms with E-state index in [1.165, 1.54) is 9.13 Å². The highest BCUT2D eigenvalue weighted by atomic mass is 127. The lowest BCUT2D eigenvalue weighted by molar-refractivity contribution is 0.265. The normalized spacial score (nSPS) is 17.2. The highest BCUT2D eigenvalue weighted by Gasteiger charge is 2.32. The van der Waals surface area contributed by atoms with Crippen LogP contribution in [0, 0.1) is 7.27 Å². The molecule has 21 heavy (non-hydrogen) atoms. The minimum absolute atomic E-state index is 0.0211. The molecule has 1 saturated heterocycles. The van der Waals surface area contributed by atoms with Crippen molar-refractivity contribution < 1.29 is 0 Å². The van der Waals surface area contributed by atoms with Crippen molar-refractivity contribution in [2.24, 2.45) is 0 Å². The van der Waals surface area contributed by atoms with Crippen LogP contribution in [0.1, 0.15) is 12.0 Å². The van der Waals surface area contributed by atoms with Crippen molar-refractivity contribution in [3.8, 4) is 0 Å². The SMILES string of the molecule is Ic1ccc(CCC2(Cn3cnc(I)c3)NCCN2)cc1. The maximum Gasteiger partial charge on any atom is 0.119 e. The van der Waals surface area contributed by atoms with E-state index in [2.05, 4.69) is 95.8 Å². The van der Waals surface area contributed by atoms with Crippen molar-refractivity contribution in [1.82, 2.24) is 20.2 Å². The van der Waals surface area contributed by atoms with E-state index in [4.69, 9.17) is 0 Å². The molecule has 6 heteroatoms. The number of benzene rings is 1. The van der Waals surface area contributed by atoms with Crippen molar-refractivity contribution in [3.05, 3.63) is 49.6 Å². The molecule has 0 bridgehead atoms. The third-order valence-corrected chi connectivity index (χ3v) is 5.14. The Hall–Kier alpha value is -0.190. The second kappa shape index (κ2) is 6.93. The Kier molecular flexibility index (Phi) is 5.18. The molecule has 1 aromatic carbocycles. The van der Waals surface area contributed by atoms with Gasteiger partial charge in [-0.15, -0.1) is 0 Å². The summed E-state index contributed by atoms with van der Waals surface area (Å²) in [6.07, 6.45) is 6.15. The van der Waals surface area contributed by atoms with Gasteiger partial charge < -0.3 is 4.57 Å². The lowest BCUT2D eigenvalue weighted by Crippen LogP contribution is -2.52. The molecule has 3 rings (SSSR count). The average Bonchev–Trinajstić information content (AvgIpc) is 3.09. The van der Waals surface area contributed by atoms with E-state index >= 15 is 0 Å². The first kappa shape index (κ1) is 15.7. The third-order valence-electron chi connectivity index (χ3n) is 3.86. The molecule has 0 amide bonds. The summed E-state index contributed by atoms with van der Waals surface area (Å²) in [5.41, 5.74) is 1.37. The number of imidazole rings is 1. The van der Waals surface area contributed by atoms with Gasteiger partial charge in [0.15, 0.2) is 0 Å². The Bertz CT molecular complexity index is 588. The molecule has 0 radical (unpaired) electrons. The molecule has 0 unspecified atom stereocenters. The summed E-state index contributed by atoms with van der Waals surface area (Å²) in [4.78, 5) is 4.31. The Morgan fingerprint density at radius 3 is 2.48 bits per heavy atom. The topological polar surface area (TPSA) is 41.9 Å². The largest absolute Gasteiger partial charge is 0.333 e. The summed E-state index contributed by atoms with van der Waals surface area (Å²) in [6, 6.07) is 8.81. The van der Waals surface area contributed by atoms with E-state index in [-0.39, 0.29) is 5.66 Å². The van der Waals surface area contributed by atoms with Gasteiger partial charge in [-0.3, -0.25) is 10.6 Å². The molecule has 1 aliphatic heterocycles. The number of aryl methyl sites for hydroxylation is 1. The zero-order chi connectivity index (χ0) is 14.7. The van der Waals surface area contributed by atoms with E-state index < -0.39 is 0 Å². The molecule has 2 heterocycles. The van der Waals surface area contributed by atoms with Gasteiger partial charge in [0.1, 0.15) is 3.70 Å². The van der Waals surface area contributed by atoms with Crippen LogP contribution in [0.2, 0.25) is 0 Å². The highest BCUT2D eigenvalue weighted by Crippen LogP contribution is 2.18. The van der Waals surface area contributed by atoms with Crippen molar-refractivity contribution in [2.45, 2.75) is 25.0 Å². The lowest BCUT2D eigenvalue weighted by Gasteiger charge is -2.30. The van der Waals surface area contributed by atoms with E-state index in [0.29, 0.717) is 0 Å². The minimum atomic E-state index is -0.0211. The van der Waals surface area contributed by atoms with E-state index in [1.807, 2.05) is 6.33 Å². The van der Waals surface area contributed by atoms with Gasteiger partial charge in [-0.2, -0.15) is 0 Å². The lowest BCUT2D eigenvalue weighted by atomic mass is 10.00. The Morgan fingerprint density at radius 1 is 1.14 bits per heavy atom. The maximum atomic E-state index is 4.31. The Balaban J connectivity index is 1.67. The summed E-state index contributed by atoms with van der Waals surface area (Å²) in [7, 11) is 0. The van der Waals surface area contributed by atoms with Crippen LogP contribution in [-0.4, -0.2) is 28.3 Å². The smallest absolute Gasteiger partial charge is 0.119 e. The second-order valence-electron chi connectivity index (χ2n) is 5.43. The molecule has 112 valence electrons. The molecular weight excluding hydrogens is 490 g/mol. The van der Waals surface area contributed by atoms with Crippen LogP contribution < -0.4 is 10.6 Å².